The lowest BCUT2D eigenvalue weighted by molar-refractivity contribution is -0.135. The van der Waals surface area contributed by atoms with Crippen LogP contribution in [0.1, 0.15) is 32.8 Å². The summed E-state index contributed by atoms with van der Waals surface area (Å²) in [5.74, 6) is -0.917. The van der Waals surface area contributed by atoms with Crippen molar-refractivity contribution >= 4 is 23.6 Å². The molecule has 1 aromatic carbocycles. The molecule has 0 unspecified atom stereocenters. The topological polar surface area (TPSA) is 70.1 Å². The molecule has 2 amide bonds. The van der Waals surface area contributed by atoms with Gasteiger partial charge in [-0.1, -0.05) is 17.7 Å². The van der Waals surface area contributed by atoms with Gasteiger partial charge in [0, 0.05) is 30.6 Å². The van der Waals surface area contributed by atoms with E-state index in [1.54, 1.807) is 26.8 Å². The summed E-state index contributed by atoms with van der Waals surface area (Å²) in [5, 5.41) is 10.1. The second-order valence-corrected chi connectivity index (χ2v) is 7.84. The number of carbonyl (C=O) groups excluding carboxylic acids is 2. The van der Waals surface area contributed by atoms with Gasteiger partial charge in [-0.15, -0.1) is 0 Å². The molecule has 0 bridgehead atoms. The molecular weight excluding hydrogens is 363 g/mol. The molecule has 0 aliphatic carbocycles. The molecule has 0 radical (unpaired) electrons. The summed E-state index contributed by atoms with van der Waals surface area (Å²) in [5.41, 5.74) is -0.516. The summed E-state index contributed by atoms with van der Waals surface area (Å²) in [6, 6.07) is 3.44. The zero-order valence-electron chi connectivity index (χ0n) is 15.3. The highest BCUT2D eigenvalue weighted by molar-refractivity contribution is 6.31. The van der Waals surface area contributed by atoms with E-state index in [4.69, 9.17) is 16.3 Å². The lowest BCUT2D eigenvalue weighted by Gasteiger charge is -2.30. The summed E-state index contributed by atoms with van der Waals surface area (Å²) >= 11 is 6.01. The standard InChI is InChI=1S/C18H24ClFN2O4/c1-18(2,3)26-17(25)22-9-11(23)8-15(22)16(24)21(4)10-12-13(19)6-5-7-14(12)20/h5-7,11,15,23H,8-10H2,1-4H3/t11-,15+/m0/s1. The summed E-state index contributed by atoms with van der Waals surface area (Å²) in [4.78, 5) is 27.7. The summed E-state index contributed by atoms with van der Waals surface area (Å²) in [6.45, 7) is 5.14. The van der Waals surface area contributed by atoms with E-state index >= 15 is 0 Å². The maximum Gasteiger partial charge on any atom is 0.411 e. The van der Waals surface area contributed by atoms with Gasteiger partial charge in [-0.3, -0.25) is 9.69 Å². The van der Waals surface area contributed by atoms with Crippen LogP contribution in [-0.2, 0) is 16.1 Å². The van der Waals surface area contributed by atoms with Gasteiger partial charge in [-0.05, 0) is 32.9 Å². The molecule has 1 heterocycles. The Kier molecular flexibility index (Phi) is 6.13. The molecule has 6 nitrogen and oxygen atoms in total. The van der Waals surface area contributed by atoms with Crippen molar-refractivity contribution in [2.75, 3.05) is 13.6 Å². The number of aliphatic hydroxyl groups is 1. The van der Waals surface area contributed by atoms with E-state index in [9.17, 15) is 19.1 Å². The minimum absolute atomic E-state index is 0.0135. The largest absolute Gasteiger partial charge is 0.444 e. The number of amides is 2. The Morgan fingerprint density at radius 2 is 2.08 bits per heavy atom. The number of benzene rings is 1. The van der Waals surface area contributed by atoms with E-state index in [1.807, 2.05) is 0 Å². The minimum Gasteiger partial charge on any atom is -0.444 e. The fourth-order valence-corrected chi connectivity index (χ4v) is 3.05. The first-order chi connectivity index (χ1) is 12.0. The van der Waals surface area contributed by atoms with Crippen molar-refractivity contribution in [2.45, 2.75) is 51.5 Å². The zero-order chi connectivity index (χ0) is 19.6. The summed E-state index contributed by atoms with van der Waals surface area (Å²) < 4.78 is 19.3. The Hall–Kier alpha value is -1.86. The molecule has 0 saturated carbocycles. The Bertz CT molecular complexity index is 672. The van der Waals surface area contributed by atoms with Gasteiger partial charge in [-0.25, -0.2) is 9.18 Å². The lowest BCUT2D eigenvalue weighted by Crippen LogP contribution is -2.48. The number of hydrogen-bond donors (Lipinski definition) is 1. The first kappa shape index (κ1) is 20.5. The number of aliphatic hydroxyl groups excluding tert-OH is 1. The van der Waals surface area contributed by atoms with E-state index in [-0.39, 0.29) is 30.1 Å². The molecular formula is C18H24ClFN2O4. The van der Waals surface area contributed by atoms with Crippen molar-refractivity contribution in [3.8, 4) is 0 Å². The fraction of sp³-hybridized carbons (Fsp3) is 0.556. The average Bonchev–Trinajstić information content (AvgIpc) is 2.90. The quantitative estimate of drug-likeness (QED) is 0.867. The van der Waals surface area contributed by atoms with Gasteiger partial charge in [0.25, 0.3) is 0 Å². The number of likely N-dealkylation sites (N-methyl/N-ethyl adjacent to an activating group) is 1. The molecule has 1 aromatic rings. The second kappa shape index (κ2) is 7.80. The highest BCUT2D eigenvalue weighted by Gasteiger charge is 2.42. The number of hydrogen-bond acceptors (Lipinski definition) is 4. The third kappa shape index (κ3) is 4.86. The monoisotopic (exact) mass is 386 g/mol. The van der Waals surface area contributed by atoms with Crippen LogP contribution in [0.2, 0.25) is 5.02 Å². The van der Waals surface area contributed by atoms with Gasteiger partial charge in [0.2, 0.25) is 5.91 Å². The Balaban J connectivity index is 2.14. The highest BCUT2D eigenvalue weighted by Crippen LogP contribution is 2.25. The highest BCUT2D eigenvalue weighted by atomic mass is 35.5. The van der Waals surface area contributed by atoms with E-state index in [1.165, 1.54) is 29.0 Å². The van der Waals surface area contributed by atoms with E-state index in [0.717, 1.165) is 0 Å². The Morgan fingerprint density at radius 3 is 2.65 bits per heavy atom. The number of rotatable bonds is 3. The Labute approximate surface area is 157 Å². The number of likely N-dealkylation sites (tertiary alicyclic amines) is 1. The third-order valence-electron chi connectivity index (χ3n) is 4.03. The van der Waals surface area contributed by atoms with Crippen LogP contribution in [0.15, 0.2) is 18.2 Å². The molecule has 0 aromatic heterocycles. The normalized spacial score (nSPS) is 20.2. The predicted molar refractivity (Wildman–Crippen MR) is 95.2 cm³/mol. The maximum absolute atomic E-state index is 14.0. The van der Waals surface area contributed by atoms with E-state index in [2.05, 4.69) is 0 Å². The molecule has 2 rings (SSSR count). The van der Waals surface area contributed by atoms with Gasteiger partial charge in [0.15, 0.2) is 0 Å². The van der Waals surface area contributed by atoms with Crippen LogP contribution in [-0.4, -0.2) is 58.2 Å². The molecule has 1 saturated heterocycles. The average molecular weight is 387 g/mol. The predicted octanol–water partition coefficient (Wildman–Crippen LogP) is 2.81. The number of halogens is 2. The molecule has 1 N–H and O–H groups in total. The van der Waals surface area contributed by atoms with E-state index < -0.39 is 35.6 Å². The van der Waals surface area contributed by atoms with Crippen molar-refractivity contribution in [3.05, 3.63) is 34.6 Å². The second-order valence-electron chi connectivity index (χ2n) is 7.43. The van der Waals surface area contributed by atoms with Crippen molar-refractivity contribution < 1.29 is 23.8 Å². The van der Waals surface area contributed by atoms with Crippen LogP contribution in [0.3, 0.4) is 0 Å². The minimum atomic E-state index is -0.865. The fourth-order valence-electron chi connectivity index (χ4n) is 2.82. The summed E-state index contributed by atoms with van der Waals surface area (Å²) in [6.07, 6.45) is -1.38. The maximum atomic E-state index is 14.0. The molecule has 0 spiro atoms. The van der Waals surface area contributed by atoms with Crippen LogP contribution in [0.5, 0.6) is 0 Å². The molecule has 2 atom stereocenters. The third-order valence-corrected chi connectivity index (χ3v) is 4.38. The van der Waals surface area contributed by atoms with Crippen LogP contribution < -0.4 is 0 Å². The van der Waals surface area contributed by atoms with Crippen LogP contribution in [0.4, 0.5) is 9.18 Å². The van der Waals surface area contributed by atoms with Crippen LogP contribution in [0.25, 0.3) is 0 Å². The smallest absolute Gasteiger partial charge is 0.411 e. The van der Waals surface area contributed by atoms with Gasteiger partial charge >= 0.3 is 6.09 Å². The molecule has 1 aliphatic heterocycles. The molecule has 8 heteroatoms. The van der Waals surface area contributed by atoms with Crippen molar-refractivity contribution in [3.63, 3.8) is 0 Å². The van der Waals surface area contributed by atoms with Crippen LogP contribution >= 0.6 is 11.6 Å². The molecule has 26 heavy (non-hydrogen) atoms. The number of β-amino-alcohol motifs (C(OH)–C–C–N with tert-alkyl or cyclic N) is 1. The first-order valence-corrected chi connectivity index (χ1v) is 8.73. The molecule has 1 fully saturated rings. The Morgan fingerprint density at radius 1 is 1.42 bits per heavy atom. The SMILES string of the molecule is CN(Cc1c(F)cccc1Cl)C(=O)[C@H]1C[C@H](O)CN1C(=O)OC(C)(C)C. The van der Waals surface area contributed by atoms with Crippen molar-refractivity contribution in [1.82, 2.24) is 9.80 Å². The zero-order valence-corrected chi connectivity index (χ0v) is 16.1. The number of ether oxygens (including phenoxy) is 1. The molecule has 144 valence electrons. The van der Waals surface area contributed by atoms with Gasteiger partial charge in [0.05, 0.1) is 12.6 Å². The van der Waals surface area contributed by atoms with Gasteiger partial charge < -0.3 is 14.7 Å². The number of carbonyl (C=O) groups is 2. The van der Waals surface area contributed by atoms with E-state index in [0.29, 0.717) is 0 Å². The number of nitrogens with zero attached hydrogens (tertiary/aromatic N) is 2. The first-order valence-electron chi connectivity index (χ1n) is 8.35. The lowest BCUT2D eigenvalue weighted by atomic mass is 10.1. The molecule has 1 aliphatic rings. The van der Waals surface area contributed by atoms with Crippen LogP contribution in [0, 0.1) is 5.82 Å². The van der Waals surface area contributed by atoms with Crippen molar-refractivity contribution in [1.29, 1.82) is 0 Å². The van der Waals surface area contributed by atoms with Crippen molar-refractivity contribution in [2.24, 2.45) is 0 Å². The van der Waals surface area contributed by atoms with Gasteiger partial charge in [-0.2, -0.15) is 0 Å². The van der Waals surface area contributed by atoms with Gasteiger partial charge in [0.1, 0.15) is 17.5 Å². The summed E-state index contributed by atoms with van der Waals surface area (Å²) in [7, 11) is 1.50.